The number of rotatable bonds is 2. The van der Waals surface area contributed by atoms with Gasteiger partial charge in [-0.1, -0.05) is 55.5 Å². The van der Waals surface area contributed by atoms with Crippen LogP contribution in [0.15, 0.2) is 66.4 Å². The van der Waals surface area contributed by atoms with Gasteiger partial charge in [0.15, 0.2) is 5.78 Å². The van der Waals surface area contributed by atoms with Gasteiger partial charge in [0.1, 0.15) is 16.8 Å². The molecule has 32 heavy (non-hydrogen) atoms. The molecule has 0 saturated heterocycles. The maximum atomic E-state index is 14.1. The molecule has 1 aliphatic heterocycles. The van der Waals surface area contributed by atoms with E-state index in [1.807, 2.05) is 37.3 Å². The van der Waals surface area contributed by atoms with Gasteiger partial charge in [0.05, 0.1) is 12.8 Å². The van der Waals surface area contributed by atoms with E-state index in [0.717, 1.165) is 10.5 Å². The molecule has 0 radical (unpaired) electrons. The third-order valence-electron chi connectivity index (χ3n) is 6.16. The minimum absolute atomic E-state index is 0.282. The molecule has 1 spiro atoms. The normalized spacial score (nSPS) is 24.9. The zero-order chi connectivity index (χ0) is 23.3. The number of anilines is 1. The fraction of sp³-hybridized carbons (Fsp3) is 0.346. The van der Waals surface area contributed by atoms with Gasteiger partial charge >= 0.3 is 6.09 Å². The van der Waals surface area contributed by atoms with Crippen LogP contribution in [0.5, 0.6) is 0 Å². The Bertz CT molecular complexity index is 1110. The molecular formula is C26H27NO5. The van der Waals surface area contributed by atoms with Gasteiger partial charge in [-0.15, -0.1) is 0 Å². The lowest BCUT2D eigenvalue weighted by molar-refractivity contribution is -0.134. The van der Waals surface area contributed by atoms with Crippen LogP contribution in [-0.4, -0.2) is 30.5 Å². The molecule has 3 atom stereocenters. The lowest BCUT2D eigenvalue weighted by atomic mass is 9.58. The molecule has 0 saturated carbocycles. The molecule has 0 N–H and O–H groups in total. The van der Waals surface area contributed by atoms with Crippen molar-refractivity contribution in [3.05, 3.63) is 77.6 Å². The van der Waals surface area contributed by atoms with Crippen molar-refractivity contribution in [2.24, 2.45) is 5.92 Å². The zero-order valence-electron chi connectivity index (χ0n) is 18.9. The second-order valence-corrected chi connectivity index (χ2v) is 9.24. The van der Waals surface area contributed by atoms with Crippen molar-refractivity contribution >= 4 is 23.5 Å². The number of allylic oxidation sites excluding steroid dienone is 2. The number of carbonyl (C=O) groups excluding carboxylic acids is 3. The Kier molecular flexibility index (Phi) is 5.19. The Hall–Kier alpha value is -3.41. The van der Waals surface area contributed by atoms with Crippen LogP contribution in [0.25, 0.3) is 0 Å². The number of hydrogen-bond acceptors (Lipinski definition) is 5. The minimum atomic E-state index is -1.59. The predicted molar refractivity (Wildman–Crippen MR) is 120 cm³/mol. The molecule has 6 heteroatoms. The predicted octanol–water partition coefficient (Wildman–Crippen LogP) is 4.74. The van der Waals surface area contributed by atoms with E-state index < -0.39 is 34.7 Å². The van der Waals surface area contributed by atoms with E-state index in [4.69, 9.17) is 9.47 Å². The van der Waals surface area contributed by atoms with Crippen LogP contribution in [0.1, 0.15) is 44.7 Å². The summed E-state index contributed by atoms with van der Waals surface area (Å²) in [6, 6.07) is 16.4. The molecule has 2 aromatic carbocycles. The second-order valence-electron chi connectivity index (χ2n) is 9.24. The van der Waals surface area contributed by atoms with Crippen molar-refractivity contribution in [3.8, 4) is 0 Å². The molecule has 2 amide bonds. The Morgan fingerprint density at radius 2 is 1.62 bits per heavy atom. The molecule has 4 rings (SSSR count). The van der Waals surface area contributed by atoms with E-state index in [0.29, 0.717) is 17.0 Å². The molecule has 0 bridgehead atoms. The van der Waals surface area contributed by atoms with E-state index in [9.17, 15) is 14.4 Å². The van der Waals surface area contributed by atoms with Crippen LogP contribution in [0.3, 0.4) is 0 Å². The Morgan fingerprint density at radius 1 is 1.00 bits per heavy atom. The van der Waals surface area contributed by atoms with Crippen LogP contribution < -0.4 is 4.90 Å². The van der Waals surface area contributed by atoms with Gasteiger partial charge in [-0.3, -0.25) is 9.59 Å². The second kappa shape index (κ2) is 7.62. The first kappa shape index (κ1) is 21.8. The third-order valence-corrected chi connectivity index (χ3v) is 6.16. The van der Waals surface area contributed by atoms with Gasteiger partial charge in [0.25, 0.3) is 5.91 Å². The number of imide groups is 1. The summed E-state index contributed by atoms with van der Waals surface area (Å²) < 4.78 is 11.1. The van der Waals surface area contributed by atoms with Crippen LogP contribution >= 0.6 is 0 Å². The Labute approximate surface area is 187 Å². The van der Waals surface area contributed by atoms with E-state index in [1.54, 1.807) is 45.0 Å². The maximum absolute atomic E-state index is 14.1. The van der Waals surface area contributed by atoms with Gasteiger partial charge in [-0.25, -0.2) is 9.69 Å². The summed E-state index contributed by atoms with van der Waals surface area (Å²) in [4.78, 5) is 42.1. The number of benzene rings is 2. The van der Waals surface area contributed by atoms with Crippen molar-refractivity contribution in [2.45, 2.75) is 44.6 Å². The van der Waals surface area contributed by atoms with Crippen LogP contribution in [0.4, 0.5) is 10.5 Å². The summed E-state index contributed by atoms with van der Waals surface area (Å²) in [5, 5.41) is 0. The van der Waals surface area contributed by atoms with Gasteiger partial charge in [-0.05, 0) is 32.4 Å². The minimum Gasteiger partial charge on any atom is -0.501 e. The first-order valence-corrected chi connectivity index (χ1v) is 10.6. The lowest BCUT2D eigenvalue weighted by Crippen LogP contribution is -2.55. The monoisotopic (exact) mass is 433 g/mol. The molecule has 1 heterocycles. The quantitative estimate of drug-likeness (QED) is 0.640. The molecule has 1 aliphatic carbocycles. The highest BCUT2D eigenvalue weighted by Crippen LogP contribution is 2.56. The summed E-state index contributed by atoms with van der Waals surface area (Å²) in [7, 11) is 1.52. The fourth-order valence-electron chi connectivity index (χ4n) is 4.94. The molecule has 0 aromatic heterocycles. The summed E-state index contributed by atoms with van der Waals surface area (Å²) in [6.07, 6.45) is 0.609. The standard InChI is InChI=1S/C26H27NO5/c1-16-20(31-5)15-21(28)26(22(16)17-11-7-6-8-12-17)18-13-9-10-14-19(18)27(23(26)29)24(30)32-25(2,3)4/h6-16,22H,1-5H3/t16-,22-,26?/m0/s1. The van der Waals surface area contributed by atoms with E-state index in [1.165, 1.54) is 13.2 Å². The summed E-state index contributed by atoms with van der Waals surface area (Å²) in [6.45, 7) is 7.15. The third kappa shape index (κ3) is 3.13. The van der Waals surface area contributed by atoms with Crippen molar-refractivity contribution < 1.29 is 23.9 Å². The largest absolute Gasteiger partial charge is 0.501 e. The van der Waals surface area contributed by atoms with E-state index >= 15 is 0 Å². The smallest absolute Gasteiger partial charge is 0.421 e. The number of methoxy groups -OCH3 is 1. The van der Waals surface area contributed by atoms with Gasteiger partial charge in [0, 0.05) is 23.5 Å². The molecule has 166 valence electrons. The fourth-order valence-corrected chi connectivity index (χ4v) is 4.94. The maximum Gasteiger partial charge on any atom is 0.421 e. The molecule has 2 aliphatic rings. The summed E-state index contributed by atoms with van der Waals surface area (Å²) in [5.41, 5.74) is -0.676. The van der Waals surface area contributed by atoms with Gasteiger partial charge in [0.2, 0.25) is 0 Å². The molecule has 0 fully saturated rings. The number of fused-ring (bicyclic) bond motifs is 2. The van der Waals surface area contributed by atoms with Crippen LogP contribution in [-0.2, 0) is 24.5 Å². The topological polar surface area (TPSA) is 72.9 Å². The van der Waals surface area contributed by atoms with Crippen molar-refractivity contribution in [1.29, 1.82) is 0 Å². The average Bonchev–Trinajstić information content (AvgIpc) is 3.00. The number of para-hydroxylation sites is 1. The van der Waals surface area contributed by atoms with E-state index in [2.05, 4.69) is 0 Å². The molecule has 2 aromatic rings. The van der Waals surface area contributed by atoms with E-state index in [-0.39, 0.29) is 5.92 Å². The lowest BCUT2D eigenvalue weighted by Gasteiger charge is -2.42. The average molecular weight is 434 g/mol. The molecule has 1 unspecified atom stereocenters. The van der Waals surface area contributed by atoms with Gasteiger partial charge < -0.3 is 9.47 Å². The number of hydrogen-bond donors (Lipinski definition) is 0. The number of ether oxygens (including phenoxy) is 2. The Morgan fingerprint density at radius 3 is 2.25 bits per heavy atom. The first-order valence-electron chi connectivity index (χ1n) is 10.6. The number of amides is 2. The number of ketones is 1. The highest BCUT2D eigenvalue weighted by atomic mass is 16.6. The highest BCUT2D eigenvalue weighted by Gasteiger charge is 2.65. The van der Waals surface area contributed by atoms with Gasteiger partial charge in [-0.2, -0.15) is 0 Å². The van der Waals surface area contributed by atoms with Crippen LogP contribution in [0, 0.1) is 5.92 Å². The molecular weight excluding hydrogens is 406 g/mol. The highest BCUT2D eigenvalue weighted by molar-refractivity contribution is 6.32. The summed E-state index contributed by atoms with van der Waals surface area (Å²) in [5.74, 6) is -1.32. The summed E-state index contributed by atoms with van der Waals surface area (Å²) >= 11 is 0. The SMILES string of the molecule is COC1=CC(=O)C2(C(=O)N(C(=O)OC(C)(C)C)c3ccccc32)[C@H](c2ccccc2)[C@H]1C. The zero-order valence-corrected chi connectivity index (χ0v) is 18.9. The molecule has 6 nitrogen and oxygen atoms in total. The Balaban J connectivity index is 1.99. The number of carbonyl (C=O) groups is 3. The van der Waals surface area contributed by atoms with Crippen molar-refractivity contribution in [1.82, 2.24) is 0 Å². The van der Waals surface area contributed by atoms with Crippen molar-refractivity contribution in [2.75, 3.05) is 12.0 Å². The van der Waals surface area contributed by atoms with Crippen molar-refractivity contribution in [3.63, 3.8) is 0 Å². The first-order chi connectivity index (χ1) is 15.1. The number of nitrogens with zero attached hydrogens (tertiary/aromatic N) is 1. The van der Waals surface area contributed by atoms with Crippen LogP contribution in [0.2, 0.25) is 0 Å².